The van der Waals surface area contributed by atoms with Crippen LogP contribution < -0.4 is 10.6 Å². The highest BCUT2D eigenvalue weighted by atomic mass is 16.1. The van der Waals surface area contributed by atoms with Gasteiger partial charge in [-0.1, -0.05) is 20.8 Å². The molecule has 12 heavy (non-hydrogen) atoms. The number of hydrogen-bond acceptors (Lipinski definition) is 2. The van der Waals surface area contributed by atoms with E-state index in [2.05, 4.69) is 17.6 Å². The van der Waals surface area contributed by atoms with Crippen molar-refractivity contribution in [1.82, 2.24) is 10.6 Å². The Morgan fingerprint density at radius 2 is 2.25 bits per heavy atom. The largest absolute Gasteiger partial charge is 0.356 e. The third-order valence-corrected chi connectivity index (χ3v) is 1.74. The first-order valence-corrected chi connectivity index (χ1v) is 4.83. The average molecular weight is 172 g/mol. The predicted molar refractivity (Wildman–Crippen MR) is 51.1 cm³/mol. The van der Waals surface area contributed by atoms with Crippen molar-refractivity contribution in [3.05, 3.63) is 0 Å². The zero-order chi connectivity index (χ0) is 9.40. The normalized spacial score (nSPS) is 22.2. The van der Waals surface area contributed by atoms with Gasteiger partial charge in [-0.3, -0.25) is 4.79 Å². The molecule has 1 rings (SSSR count). The van der Waals surface area contributed by atoms with E-state index in [4.69, 9.17) is 0 Å². The number of amides is 1. The minimum atomic E-state index is 0.178. The second kappa shape index (κ2) is 7.10. The van der Waals surface area contributed by atoms with E-state index in [0.29, 0.717) is 12.5 Å². The van der Waals surface area contributed by atoms with Crippen molar-refractivity contribution in [2.24, 2.45) is 0 Å². The minimum absolute atomic E-state index is 0.178. The molecule has 1 fully saturated rings. The summed E-state index contributed by atoms with van der Waals surface area (Å²) in [6.07, 6.45) is 1.72. The summed E-state index contributed by atoms with van der Waals surface area (Å²) in [6.45, 7) is 7.85. The zero-order valence-electron chi connectivity index (χ0n) is 8.31. The zero-order valence-corrected chi connectivity index (χ0v) is 8.31. The Bertz CT molecular complexity index is 124. The van der Waals surface area contributed by atoms with Gasteiger partial charge in [0.2, 0.25) is 5.91 Å². The van der Waals surface area contributed by atoms with Crippen molar-refractivity contribution in [1.29, 1.82) is 0 Å². The van der Waals surface area contributed by atoms with E-state index in [1.165, 1.54) is 0 Å². The van der Waals surface area contributed by atoms with Crippen molar-refractivity contribution < 1.29 is 4.79 Å². The molecule has 0 aromatic heterocycles. The summed E-state index contributed by atoms with van der Waals surface area (Å²) in [7, 11) is 0. The van der Waals surface area contributed by atoms with Crippen molar-refractivity contribution in [3.8, 4) is 0 Å². The molecule has 1 amide bonds. The molecule has 0 bridgehead atoms. The molecule has 0 radical (unpaired) electrons. The SMILES string of the molecule is CC.CCNC1CCNC(=O)C1. The lowest BCUT2D eigenvalue weighted by Crippen LogP contribution is -2.43. The van der Waals surface area contributed by atoms with Crippen LogP contribution in [0.2, 0.25) is 0 Å². The lowest BCUT2D eigenvalue weighted by atomic mass is 10.1. The summed E-state index contributed by atoms with van der Waals surface area (Å²) < 4.78 is 0. The molecule has 0 aliphatic carbocycles. The number of rotatable bonds is 2. The molecule has 0 saturated carbocycles. The van der Waals surface area contributed by atoms with E-state index in [-0.39, 0.29) is 5.91 Å². The highest BCUT2D eigenvalue weighted by Crippen LogP contribution is 2.01. The second-order valence-corrected chi connectivity index (χ2v) is 2.60. The Morgan fingerprint density at radius 3 is 2.75 bits per heavy atom. The molecule has 0 aromatic carbocycles. The van der Waals surface area contributed by atoms with Crippen molar-refractivity contribution in [3.63, 3.8) is 0 Å². The Balaban J connectivity index is 0.000000561. The number of nitrogens with one attached hydrogen (secondary N) is 2. The first-order chi connectivity index (χ1) is 5.83. The summed E-state index contributed by atoms with van der Waals surface area (Å²) >= 11 is 0. The average Bonchev–Trinajstić information content (AvgIpc) is 2.09. The second-order valence-electron chi connectivity index (χ2n) is 2.60. The summed E-state index contributed by atoms with van der Waals surface area (Å²) in [4.78, 5) is 10.8. The van der Waals surface area contributed by atoms with Crippen LogP contribution >= 0.6 is 0 Å². The Labute approximate surface area is 74.9 Å². The van der Waals surface area contributed by atoms with Crippen molar-refractivity contribution >= 4 is 5.91 Å². The monoisotopic (exact) mass is 172 g/mol. The van der Waals surface area contributed by atoms with Gasteiger partial charge < -0.3 is 10.6 Å². The van der Waals surface area contributed by atoms with Crippen LogP contribution in [0.4, 0.5) is 0 Å². The molecule has 1 atom stereocenters. The molecule has 3 heteroatoms. The van der Waals surface area contributed by atoms with Gasteiger partial charge in [0.25, 0.3) is 0 Å². The van der Waals surface area contributed by atoms with Gasteiger partial charge in [0.1, 0.15) is 0 Å². The fourth-order valence-corrected chi connectivity index (χ4v) is 1.25. The van der Waals surface area contributed by atoms with Crippen molar-refractivity contribution in [2.75, 3.05) is 13.1 Å². The molecule has 3 nitrogen and oxygen atoms in total. The van der Waals surface area contributed by atoms with Crippen LogP contribution in [0.25, 0.3) is 0 Å². The van der Waals surface area contributed by atoms with E-state index in [1.807, 2.05) is 13.8 Å². The van der Waals surface area contributed by atoms with E-state index in [1.54, 1.807) is 0 Å². The Kier molecular flexibility index (Phi) is 6.76. The topological polar surface area (TPSA) is 41.1 Å². The van der Waals surface area contributed by atoms with Crippen LogP contribution in [0.5, 0.6) is 0 Å². The lowest BCUT2D eigenvalue weighted by molar-refractivity contribution is -0.122. The third-order valence-electron chi connectivity index (χ3n) is 1.74. The fraction of sp³-hybridized carbons (Fsp3) is 0.889. The summed E-state index contributed by atoms with van der Waals surface area (Å²) in [5.41, 5.74) is 0. The molecule has 0 aromatic rings. The maximum Gasteiger partial charge on any atom is 0.221 e. The molecule has 1 heterocycles. The lowest BCUT2D eigenvalue weighted by Gasteiger charge is -2.22. The highest BCUT2D eigenvalue weighted by Gasteiger charge is 2.16. The maximum atomic E-state index is 10.8. The number of piperidine rings is 1. The van der Waals surface area contributed by atoms with Crippen LogP contribution in [-0.2, 0) is 4.79 Å². The fourth-order valence-electron chi connectivity index (χ4n) is 1.25. The maximum absolute atomic E-state index is 10.8. The Hall–Kier alpha value is -0.570. The molecular weight excluding hydrogens is 152 g/mol. The summed E-state index contributed by atoms with van der Waals surface area (Å²) in [5, 5.41) is 6.05. The van der Waals surface area contributed by atoms with Crippen LogP contribution in [0.1, 0.15) is 33.6 Å². The van der Waals surface area contributed by atoms with Gasteiger partial charge in [-0.05, 0) is 13.0 Å². The molecule has 2 N–H and O–H groups in total. The minimum Gasteiger partial charge on any atom is -0.356 e. The highest BCUT2D eigenvalue weighted by molar-refractivity contribution is 5.77. The number of carbonyl (C=O) groups excluding carboxylic acids is 1. The van der Waals surface area contributed by atoms with E-state index >= 15 is 0 Å². The summed E-state index contributed by atoms with van der Waals surface area (Å²) in [5.74, 6) is 0.178. The third kappa shape index (κ3) is 4.34. The van der Waals surface area contributed by atoms with Crippen LogP contribution in [0, 0.1) is 0 Å². The standard InChI is InChI=1S/C7H14N2O.C2H6/c1-2-8-6-3-4-9-7(10)5-6;1-2/h6,8H,2-5H2,1H3,(H,9,10);1-2H3. The quantitative estimate of drug-likeness (QED) is 0.650. The van der Waals surface area contributed by atoms with Crippen LogP contribution in [-0.4, -0.2) is 25.0 Å². The molecule has 1 aliphatic rings. The Morgan fingerprint density at radius 1 is 1.58 bits per heavy atom. The predicted octanol–water partition coefficient (Wildman–Crippen LogP) is 0.901. The molecule has 1 unspecified atom stereocenters. The van der Waals surface area contributed by atoms with Crippen molar-refractivity contribution in [2.45, 2.75) is 39.7 Å². The van der Waals surface area contributed by atoms with Gasteiger partial charge in [0, 0.05) is 19.0 Å². The van der Waals surface area contributed by atoms with E-state index in [0.717, 1.165) is 19.5 Å². The van der Waals surface area contributed by atoms with Gasteiger partial charge in [-0.2, -0.15) is 0 Å². The molecule has 0 spiro atoms. The van der Waals surface area contributed by atoms with Gasteiger partial charge in [0.15, 0.2) is 0 Å². The smallest absolute Gasteiger partial charge is 0.221 e. The van der Waals surface area contributed by atoms with E-state index < -0.39 is 0 Å². The van der Waals surface area contributed by atoms with Gasteiger partial charge in [-0.25, -0.2) is 0 Å². The first-order valence-electron chi connectivity index (χ1n) is 4.83. The van der Waals surface area contributed by atoms with Crippen LogP contribution in [0.3, 0.4) is 0 Å². The number of carbonyl (C=O) groups is 1. The first kappa shape index (κ1) is 11.4. The summed E-state index contributed by atoms with van der Waals surface area (Å²) in [6, 6.07) is 0.416. The molecule has 72 valence electrons. The molecule has 1 aliphatic heterocycles. The van der Waals surface area contributed by atoms with Crippen LogP contribution in [0.15, 0.2) is 0 Å². The van der Waals surface area contributed by atoms with E-state index in [9.17, 15) is 4.79 Å². The number of hydrogen-bond donors (Lipinski definition) is 2. The molecule has 1 saturated heterocycles. The van der Waals surface area contributed by atoms with Gasteiger partial charge in [0.05, 0.1) is 0 Å². The van der Waals surface area contributed by atoms with Gasteiger partial charge >= 0.3 is 0 Å². The molecular formula is C9H20N2O. The van der Waals surface area contributed by atoms with Gasteiger partial charge in [-0.15, -0.1) is 0 Å².